The molecule has 0 saturated carbocycles. The zero-order valence-corrected chi connectivity index (χ0v) is 9.83. The van der Waals surface area contributed by atoms with Crippen LogP contribution in [0.5, 0.6) is 0 Å². The summed E-state index contributed by atoms with van der Waals surface area (Å²) in [6, 6.07) is 5.16. The molecular formula is C12H11F3N4. The van der Waals surface area contributed by atoms with Crippen molar-refractivity contribution in [3.8, 4) is 11.3 Å². The van der Waals surface area contributed by atoms with Gasteiger partial charge in [0.25, 0.3) is 0 Å². The molecule has 3 rings (SSSR count). The first-order valence-electron chi connectivity index (χ1n) is 5.79. The molecule has 0 saturated heterocycles. The van der Waals surface area contributed by atoms with E-state index in [0.717, 1.165) is 25.2 Å². The summed E-state index contributed by atoms with van der Waals surface area (Å²) in [5, 5.41) is 3.06. The first kappa shape index (κ1) is 11.9. The van der Waals surface area contributed by atoms with Crippen LogP contribution in [0.1, 0.15) is 5.56 Å². The molecule has 1 aliphatic heterocycles. The van der Waals surface area contributed by atoms with Crippen LogP contribution in [0.15, 0.2) is 30.5 Å². The molecule has 1 aliphatic rings. The van der Waals surface area contributed by atoms with Gasteiger partial charge in [-0.25, -0.2) is 9.66 Å². The number of aromatic nitrogens is 2. The number of fused-ring (bicyclic) bond motifs is 1. The van der Waals surface area contributed by atoms with Crippen molar-refractivity contribution in [1.82, 2.24) is 9.66 Å². The van der Waals surface area contributed by atoms with Crippen molar-refractivity contribution >= 4 is 5.95 Å². The third-order valence-electron chi connectivity index (χ3n) is 2.88. The van der Waals surface area contributed by atoms with Gasteiger partial charge < -0.3 is 10.7 Å². The van der Waals surface area contributed by atoms with Crippen molar-refractivity contribution in [3.63, 3.8) is 0 Å². The minimum absolute atomic E-state index is 0.445. The van der Waals surface area contributed by atoms with Gasteiger partial charge in [-0.05, 0) is 12.1 Å². The number of rotatable bonds is 1. The third-order valence-corrected chi connectivity index (χ3v) is 2.88. The van der Waals surface area contributed by atoms with Crippen LogP contribution in [0.4, 0.5) is 19.1 Å². The molecule has 0 bridgehead atoms. The van der Waals surface area contributed by atoms with Crippen molar-refractivity contribution in [2.75, 3.05) is 23.8 Å². The van der Waals surface area contributed by atoms with Gasteiger partial charge in [-0.3, -0.25) is 0 Å². The summed E-state index contributed by atoms with van der Waals surface area (Å²) in [7, 11) is 0. The number of halogens is 3. The van der Waals surface area contributed by atoms with E-state index >= 15 is 0 Å². The molecule has 0 unspecified atom stereocenters. The molecule has 0 atom stereocenters. The first-order chi connectivity index (χ1) is 9.04. The van der Waals surface area contributed by atoms with Crippen LogP contribution < -0.4 is 10.7 Å². The van der Waals surface area contributed by atoms with Crippen molar-refractivity contribution in [2.24, 2.45) is 0 Å². The van der Waals surface area contributed by atoms with Gasteiger partial charge in [-0.1, -0.05) is 12.1 Å². The zero-order valence-electron chi connectivity index (χ0n) is 9.83. The molecule has 19 heavy (non-hydrogen) atoms. The largest absolute Gasteiger partial charge is 0.416 e. The van der Waals surface area contributed by atoms with Gasteiger partial charge in [-0.2, -0.15) is 13.2 Å². The van der Waals surface area contributed by atoms with Crippen LogP contribution in [0.25, 0.3) is 11.3 Å². The highest BCUT2D eigenvalue weighted by Crippen LogP contribution is 2.32. The lowest BCUT2D eigenvalue weighted by Gasteiger charge is -2.16. The molecule has 0 amide bonds. The van der Waals surface area contributed by atoms with E-state index in [9.17, 15) is 13.2 Å². The smallest absolute Gasteiger partial charge is 0.352 e. The minimum Gasteiger partial charge on any atom is -0.352 e. The van der Waals surface area contributed by atoms with E-state index in [1.807, 2.05) is 0 Å². The average molecular weight is 268 g/mol. The van der Waals surface area contributed by atoms with Crippen molar-refractivity contribution < 1.29 is 13.2 Å². The van der Waals surface area contributed by atoms with E-state index in [2.05, 4.69) is 15.7 Å². The lowest BCUT2D eigenvalue weighted by Crippen LogP contribution is -2.29. The monoisotopic (exact) mass is 268 g/mol. The summed E-state index contributed by atoms with van der Waals surface area (Å²) in [6.45, 7) is 1.48. The average Bonchev–Trinajstić information content (AvgIpc) is 2.81. The molecule has 2 heterocycles. The van der Waals surface area contributed by atoms with Gasteiger partial charge in [0.2, 0.25) is 5.95 Å². The van der Waals surface area contributed by atoms with E-state index in [1.165, 1.54) is 6.07 Å². The molecule has 1 aromatic heterocycles. The predicted molar refractivity (Wildman–Crippen MR) is 65.4 cm³/mol. The lowest BCUT2D eigenvalue weighted by molar-refractivity contribution is -0.137. The fourth-order valence-corrected chi connectivity index (χ4v) is 1.97. The molecule has 0 spiro atoms. The van der Waals surface area contributed by atoms with E-state index in [1.54, 1.807) is 16.9 Å². The Morgan fingerprint density at radius 2 is 2.05 bits per heavy atom. The van der Waals surface area contributed by atoms with Crippen molar-refractivity contribution in [1.29, 1.82) is 0 Å². The number of alkyl halides is 3. The predicted octanol–water partition coefficient (Wildman–Crippen LogP) is 2.54. The molecule has 7 heteroatoms. The Labute approximate surface area is 107 Å². The molecule has 1 aromatic carbocycles. The van der Waals surface area contributed by atoms with Crippen LogP contribution >= 0.6 is 0 Å². The van der Waals surface area contributed by atoms with Crippen LogP contribution in [0.2, 0.25) is 0 Å². The fraction of sp³-hybridized carbons (Fsp3) is 0.250. The highest BCUT2D eigenvalue weighted by Gasteiger charge is 2.30. The van der Waals surface area contributed by atoms with Crippen LogP contribution in [0.3, 0.4) is 0 Å². The highest BCUT2D eigenvalue weighted by molar-refractivity contribution is 5.62. The Bertz CT molecular complexity index is 580. The maximum atomic E-state index is 12.7. The molecule has 4 nitrogen and oxygen atoms in total. The second kappa shape index (κ2) is 4.18. The number of nitrogens with zero attached hydrogens (tertiary/aromatic N) is 2. The summed E-state index contributed by atoms with van der Waals surface area (Å²) in [4.78, 5) is 4.27. The maximum absolute atomic E-state index is 12.7. The zero-order chi connectivity index (χ0) is 13.5. The quantitative estimate of drug-likeness (QED) is 0.835. The second-order valence-electron chi connectivity index (χ2n) is 4.23. The molecule has 0 radical (unpaired) electrons. The van der Waals surface area contributed by atoms with Gasteiger partial charge >= 0.3 is 6.18 Å². The minimum atomic E-state index is -4.34. The molecule has 0 fully saturated rings. The van der Waals surface area contributed by atoms with Crippen LogP contribution in [-0.4, -0.2) is 22.7 Å². The van der Waals surface area contributed by atoms with E-state index in [-0.39, 0.29) is 0 Å². The van der Waals surface area contributed by atoms with Gasteiger partial charge in [0, 0.05) is 18.7 Å². The summed E-state index contributed by atoms with van der Waals surface area (Å²) in [5.74, 6) is 0.610. The van der Waals surface area contributed by atoms with Gasteiger partial charge in [0.05, 0.1) is 17.5 Å². The summed E-state index contributed by atoms with van der Waals surface area (Å²) < 4.78 is 39.7. The molecule has 0 aliphatic carbocycles. The number of hydrogen-bond donors (Lipinski definition) is 2. The van der Waals surface area contributed by atoms with Crippen LogP contribution in [0, 0.1) is 0 Å². The third kappa shape index (κ3) is 2.23. The van der Waals surface area contributed by atoms with Crippen LogP contribution in [-0.2, 0) is 6.18 Å². The highest BCUT2D eigenvalue weighted by atomic mass is 19.4. The van der Waals surface area contributed by atoms with Gasteiger partial charge in [0.15, 0.2) is 0 Å². The number of anilines is 1. The normalized spacial score (nSPS) is 14.5. The van der Waals surface area contributed by atoms with E-state index in [0.29, 0.717) is 17.2 Å². The number of imidazole rings is 1. The fourth-order valence-electron chi connectivity index (χ4n) is 1.97. The Morgan fingerprint density at radius 3 is 2.79 bits per heavy atom. The Kier molecular flexibility index (Phi) is 2.62. The summed E-state index contributed by atoms with van der Waals surface area (Å²) in [6.07, 6.45) is -2.66. The number of nitrogens with one attached hydrogen (secondary N) is 2. The summed E-state index contributed by atoms with van der Waals surface area (Å²) in [5.41, 5.74) is 3.35. The molecule has 2 N–H and O–H groups in total. The Morgan fingerprint density at radius 1 is 1.21 bits per heavy atom. The van der Waals surface area contributed by atoms with Crippen molar-refractivity contribution in [2.45, 2.75) is 6.18 Å². The Balaban J connectivity index is 2.00. The van der Waals surface area contributed by atoms with Gasteiger partial charge in [0.1, 0.15) is 0 Å². The second-order valence-corrected chi connectivity index (χ2v) is 4.23. The number of hydrogen-bond acceptors (Lipinski definition) is 3. The van der Waals surface area contributed by atoms with Gasteiger partial charge in [-0.15, -0.1) is 0 Å². The maximum Gasteiger partial charge on any atom is 0.416 e. The summed E-state index contributed by atoms with van der Waals surface area (Å²) >= 11 is 0. The number of benzene rings is 1. The molecule has 2 aromatic rings. The first-order valence-corrected chi connectivity index (χ1v) is 5.79. The molecule has 100 valence electrons. The molecular weight excluding hydrogens is 257 g/mol. The topological polar surface area (TPSA) is 41.9 Å². The van der Waals surface area contributed by atoms with E-state index < -0.39 is 11.7 Å². The Hall–Kier alpha value is -2.18. The lowest BCUT2D eigenvalue weighted by atomic mass is 10.1. The SMILES string of the molecule is FC(F)(F)c1cccc(-c2cn3c(n2)NCCN3)c1. The van der Waals surface area contributed by atoms with Crippen molar-refractivity contribution in [3.05, 3.63) is 36.0 Å². The van der Waals surface area contributed by atoms with E-state index in [4.69, 9.17) is 0 Å². The standard InChI is InChI=1S/C12H11F3N4/c13-12(14,15)9-3-1-2-8(6-9)10-7-19-11(18-10)16-4-5-17-19/h1-3,6-7,17H,4-5H2,(H,16,18).